The molecular weight excluding hydrogens is 351 g/mol. The number of halogens is 2. The second-order valence-corrected chi connectivity index (χ2v) is 6.46. The molecule has 0 radical (unpaired) electrons. The van der Waals surface area contributed by atoms with Crippen molar-refractivity contribution in [1.29, 1.82) is 0 Å². The lowest BCUT2D eigenvalue weighted by Gasteiger charge is -2.21. The predicted molar refractivity (Wildman–Crippen MR) is 97.1 cm³/mol. The zero-order valence-electron chi connectivity index (χ0n) is 13.3. The van der Waals surface area contributed by atoms with E-state index in [1.807, 2.05) is 0 Å². The first-order chi connectivity index (χ1) is 11.1. The van der Waals surface area contributed by atoms with Gasteiger partial charge < -0.3 is 16.4 Å². The van der Waals surface area contributed by atoms with Gasteiger partial charge in [0.25, 0.3) is 5.91 Å². The van der Waals surface area contributed by atoms with Crippen molar-refractivity contribution in [1.82, 2.24) is 10.6 Å². The molecule has 2 aliphatic rings. The maximum Gasteiger partial charge on any atom is 0.322 e. The van der Waals surface area contributed by atoms with Crippen LogP contribution in [0.1, 0.15) is 29.6 Å². The third-order valence-electron chi connectivity index (χ3n) is 4.63. The highest BCUT2D eigenvalue weighted by Crippen LogP contribution is 2.29. The van der Waals surface area contributed by atoms with Crippen LogP contribution in [-0.4, -0.2) is 37.6 Å². The first-order valence-electron chi connectivity index (χ1n) is 7.96. The zero-order chi connectivity index (χ0) is 16.4. The Morgan fingerprint density at radius 3 is 2.88 bits per heavy atom. The van der Waals surface area contributed by atoms with Gasteiger partial charge in [-0.15, -0.1) is 12.4 Å². The molecule has 2 unspecified atom stereocenters. The summed E-state index contributed by atoms with van der Waals surface area (Å²) in [6.45, 7) is 1.71. The molecule has 0 bridgehead atoms. The first-order valence-corrected chi connectivity index (χ1v) is 8.34. The standard InChI is InChI=1S/C16H21ClN4O2.ClH/c17-12-5-4-10(8-14(12)21-7-6-19-16(21)23)15(22)20-13-3-1-2-11(13)9-18;/h4-5,8,11,13H,1-3,6-7,9,18H2,(H,19,23)(H,20,22);1H. The zero-order valence-corrected chi connectivity index (χ0v) is 14.8. The van der Waals surface area contributed by atoms with E-state index >= 15 is 0 Å². The van der Waals surface area contributed by atoms with E-state index in [0.717, 1.165) is 19.3 Å². The minimum Gasteiger partial charge on any atom is -0.349 e. The Bertz CT molecular complexity index is 626. The molecule has 3 rings (SSSR count). The van der Waals surface area contributed by atoms with Crippen molar-refractivity contribution >= 4 is 41.6 Å². The molecule has 24 heavy (non-hydrogen) atoms. The highest BCUT2D eigenvalue weighted by atomic mass is 35.5. The number of benzene rings is 1. The van der Waals surface area contributed by atoms with Crippen LogP contribution in [0.4, 0.5) is 10.5 Å². The average Bonchev–Trinajstić information content (AvgIpc) is 3.16. The molecule has 1 aliphatic heterocycles. The minimum atomic E-state index is -0.191. The number of hydrogen-bond acceptors (Lipinski definition) is 3. The molecule has 1 saturated carbocycles. The summed E-state index contributed by atoms with van der Waals surface area (Å²) in [5, 5.41) is 6.25. The van der Waals surface area contributed by atoms with E-state index in [4.69, 9.17) is 17.3 Å². The molecule has 1 saturated heterocycles. The molecule has 4 N–H and O–H groups in total. The lowest BCUT2D eigenvalue weighted by atomic mass is 10.0. The van der Waals surface area contributed by atoms with Crippen LogP contribution in [0.3, 0.4) is 0 Å². The van der Waals surface area contributed by atoms with E-state index in [-0.39, 0.29) is 30.4 Å². The number of urea groups is 1. The van der Waals surface area contributed by atoms with E-state index in [0.29, 0.717) is 41.8 Å². The Morgan fingerprint density at radius 1 is 1.42 bits per heavy atom. The molecule has 132 valence electrons. The van der Waals surface area contributed by atoms with E-state index in [1.165, 1.54) is 0 Å². The number of carbonyl (C=O) groups is 2. The van der Waals surface area contributed by atoms with Crippen molar-refractivity contribution in [2.45, 2.75) is 25.3 Å². The summed E-state index contributed by atoms with van der Waals surface area (Å²) < 4.78 is 0. The quantitative estimate of drug-likeness (QED) is 0.756. The second-order valence-electron chi connectivity index (χ2n) is 6.06. The van der Waals surface area contributed by atoms with Crippen molar-refractivity contribution in [2.75, 3.05) is 24.5 Å². The van der Waals surface area contributed by atoms with E-state index in [2.05, 4.69) is 10.6 Å². The molecule has 1 aromatic carbocycles. The molecule has 0 aromatic heterocycles. The van der Waals surface area contributed by atoms with Gasteiger partial charge in [-0.1, -0.05) is 18.0 Å². The van der Waals surface area contributed by atoms with Gasteiger partial charge in [0.15, 0.2) is 0 Å². The maximum atomic E-state index is 12.5. The maximum absolute atomic E-state index is 12.5. The molecule has 1 aromatic rings. The molecule has 3 amide bonds. The third kappa shape index (κ3) is 3.77. The van der Waals surface area contributed by atoms with Gasteiger partial charge in [0.1, 0.15) is 0 Å². The summed E-state index contributed by atoms with van der Waals surface area (Å²) in [5.41, 5.74) is 6.83. The monoisotopic (exact) mass is 372 g/mol. The largest absolute Gasteiger partial charge is 0.349 e. The highest BCUT2D eigenvalue weighted by molar-refractivity contribution is 6.34. The van der Waals surface area contributed by atoms with Crippen molar-refractivity contribution in [3.8, 4) is 0 Å². The van der Waals surface area contributed by atoms with Gasteiger partial charge in [-0.2, -0.15) is 0 Å². The number of nitrogens with zero attached hydrogens (tertiary/aromatic N) is 1. The highest BCUT2D eigenvalue weighted by Gasteiger charge is 2.28. The average molecular weight is 373 g/mol. The SMILES string of the molecule is Cl.NCC1CCCC1NC(=O)c1ccc(Cl)c(N2CCNC2=O)c1. The van der Waals surface area contributed by atoms with Gasteiger partial charge in [0.2, 0.25) is 0 Å². The summed E-state index contributed by atoms with van der Waals surface area (Å²) >= 11 is 6.19. The lowest BCUT2D eigenvalue weighted by molar-refractivity contribution is 0.0928. The summed E-state index contributed by atoms with van der Waals surface area (Å²) in [6, 6.07) is 4.95. The molecule has 0 spiro atoms. The van der Waals surface area contributed by atoms with Gasteiger partial charge in [-0.3, -0.25) is 9.69 Å². The summed E-state index contributed by atoms with van der Waals surface area (Å²) in [6.07, 6.45) is 3.11. The van der Waals surface area contributed by atoms with Crippen LogP contribution in [0.15, 0.2) is 18.2 Å². The van der Waals surface area contributed by atoms with Crippen LogP contribution in [0, 0.1) is 5.92 Å². The number of rotatable bonds is 4. The number of anilines is 1. The van der Waals surface area contributed by atoms with Crippen LogP contribution in [0.2, 0.25) is 5.02 Å². The lowest BCUT2D eigenvalue weighted by Crippen LogP contribution is -2.40. The smallest absolute Gasteiger partial charge is 0.322 e. The summed E-state index contributed by atoms with van der Waals surface area (Å²) in [4.78, 5) is 25.9. The molecule has 2 fully saturated rings. The third-order valence-corrected chi connectivity index (χ3v) is 4.95. The molecule has 8 heteroatoms. The Kier molecular flexibility index (Phi) is 6.32. The number of nitrogens with one attached hydrogen (secondary N) is 2. The molecule has 1 heterocycles. The number of nitrogens with two attached hydrogens (primary N) is 1. The number of carbonyl (C=O) groups excluding carboxylic acids is 2. The summed E-state index contributed by atoms with van der Waals surface area (Å²) in [5.74, 6) is 0.197. The fraction of sp³-hybridized carbons (Fsp3) is 0.500. The Balaban J connectivity index is 0.00000208. The number of hydrogen-bond donors (Lipinski definition) is 3. The van der Waals surface area contributed by atoms with Gasteiger partial charge in [-0.05, 0) is 43.5 Å². The van der Waals surface area contributed by atoms with Gasteiger partial charge in [0.05, 0.1) is 10.7 Å². The van der Waals surface area contributed by atoms with E-state index < -0.39 is 0 Å². The van der Waals surface area contributed by atoms with Crippen LogP contribution < -0.4 is 21.3 Å². The van der Waals surface area contributed by atoms with Gasteiger partial charge in [0, 0.05) is 24.7 Å². The molecule has 6 nitrogen and oxygen atoms in total. The molecule has 1 aliphatic carbocycles. The van der Waals surface area contributed by atoms with Gasteiger partial charge in [-0.25, -0.2) is 4.79 Å². The van der Waals surface area contributed by atoms with Crippen molar-refractivity contribution in [2.24, 2.45) is 11.7 Å². The van der Waals surface area contributed by atoms with Crippen molar-refractivity contribution < 1.29 is 9.59 Å². The van der Waals surface area contributed by atoms with Crippen LogP contribution >= 0.6 is 24.0 Å². The Labute approximate surface area is 152 Å². The fourth-order valence-electron chi connectivity index (χ4n) is 3.32. The number of amides is 3. The Hall–Kier alpha value is -1.50. The summed E-state index contributed by atoms with van der Waals surface area (Å²) in [7, 11) is 0. The molecule has 2 atom stereocenters. The van der Waals surface area contributed by atoms with Crippen molar-refractivity contribution in [3.05, 3.63) is 28.8 Å². The van der Waals surface area contributed by atoms with E-state index in [1.54, 1.807) is 23.1 Å². The normalized spacial score (nSPS) is 22.9. The minimum absolute atomic E-state index is 0. The van der Waals surface area contributed by atoms with Crippen molar-refractivity contribution in [3.63, 3.8) is 0 Å². The Morgan fingerprint density at radius 2 is 2.21 bits per heavy atom. The van der Waals surface area contributed by atoms with Crippen LogP contribution in [0.5, 0.6) is 0 Å². The van der Waals surface area contributed by atoms with Crippen LogP contribution in [-0.2, 0) is 0 Å². The topological polar surface area (TPSA) is 87.5 Å². The predicted octanol–water partition coefficient (Wildman–Crippen LogP) is 2.15. The first kappa shape index (κ1) is 18.8. The van der Waals surface area contributed by atoms with E-state index in [9.17, 15) is 9.59 Å². The molecular formula is C16H22Cl2N4O2. The fourth-order valence-corrected chi connectivity index (χ4v) is 3.54. The second kappa shape index (κ2) is 8.05. The van der Waals surface area contributed by atoms with Gasteiger partial charge >= 0.3 is 6.03 Å². The van der Waals surface area contributed by atoms with Crippen LogP contribution in [0.25, 0.3) is 0 Å².